The van der Waals surface area contributed by atoms with Crippen molar-refractivity contribution < 1.29 is 13.3 Å². The number of rotatable bonds is 8. The quantitative estimate of drug-likeness (QED) is 0.388. The molecule has 5 rings (SSSR count). The molecule has 1 aliphatic carbocycles. The first-order valence-corrected chi connectivity index (χ1v) is 13.4. The summed E-state index contributed by atoms with van der Waals surface area (Å²) in [6.07, 6.45) is 7.74. The van der Waals surface area contributed by atoms with Gasteiger partial charge < -0.3 is 5.32 Å². The molecular formula is C24H31N7O4S. The normalized spacial score (nSPS) is 19.3. The zero-order chi connectivity index (χ0) is 25.7. The number of hydrogen-bond donors (Lipinski definition) is 3. The van der Waals surface area contributed by atoms with Crippen LogP contribution in [0.25, 0.3) is 16.5 Å². The van der Waals surface area contributed by atoms with Crippen LogP contribution in [0.1, 0.15) is 44.2 Å². The smallest absolute Gasteiger partial charge is 0.263 e. The van der Waals surface area contributed by atoms with Gasteiger partial charge in [0, 0.05) is 42.5 Å². The minimum atomic E-state index is -3.85. The maximum absolute atomic E-state index is 13.9. The van der Waals surface area contributed by atoms with Gasteiger partial charge in [-0.2, -0.15) is 5.10 Å². The Bertz CT molecular complexity index is 1520. The highest BCUT2D eigenvalue weighted by atomic mass is 32.2. The van der Waals surface area contributed by atoms with Crippen LogP contribution in [0.5, 0.6) is 0 Å². The van der Waals surface area contributed by atoms with Crippen LogP contribution in [0.4, 0.5) is 5.95 Å². The molecule has 1 saturated carbocycles. The average molecular weight is 514 g/mol. The lowest BCUT2D eigenvalue weighted by Gasteiger charge is -2.23. The zero-order valence-electron chi connectivity index (χ0n) is 20.8. The van der Waals surface area contributed by atoms with E-state index in [0.717, 1.165) is 24.0 Å². The maximum Gasteiger partial charge on any atom is 0.263 e. The number of aryl methyl sites for hydroxylation is 1. The van der Waals surface area contributed by atoms with Crippen molar-refractivity contribution in [2.45, 2.75) is 56.1 Å². The van der Waals surface area contributed by atoms with Crippen LogP contribution in [-0.4, -0.2) is 53.0 Å². The Labute approximate surface area is 209 Å². The van der Waals surface area contributed by atoms with Gasteiger partial charge in [0.2, 0.25) is 16.0 Å². The van der Waals surface area contributed by atoms with Gasteiger partial charge in [-0.05, 0) is 50.8 Å². The largest absolute Gasteiger partial charge is 0.310 e. The summed E-state index contributed by atoms with van der Waals surface area (Å²) in [4.78, 5) is 23.8. The van der Waals surface area contributed by atoms with Crippen LogP contribution in [-0.2, 0) is 28.5 Å². The molecule has 11 nitrogen and oxygen atoms in total. The number of hydrogen-bond acceptors (Lipinski definition) is 8. The van der Waals surface area contributed by atoms with Crippen LogP contribution in [0.2, 0.25) is 0 Å². The summed E-state index contributed by atoms with van der Waals surface area (Å²) in [5.74, 6) is 0.224. The highest BCUT2D eigenvalue weighted by Gasteiger charge is 2.41. The Balaban J connectivity index is 1.74. The van der Waals surface area contributed by atoms with Crippen molar-refractivity contribution >= 4 is 32.4 Å². The molecule has 3 aromatic rings. The molecule has 2 aliphatic rings. The van der Waals surface area contributed by atoms with Gasteiger partial charge in [0.05, 0.1) is 35.6 Å². The monoisotopic (exact) mass is 513 g/mol. The molecule has 1 fully saturated rings. The molecule has 1 atom stereocenters. The van der Waals surface area contributed by atoms with E-state index in [4.69, 9.17) is 9.82 Å². The molecule has 12 heteroatoms. The average Bonchev–Trinajstić information content (AvgIpc) is 3.39. The number of nitrogens with zero attached hydrogens (tertiary/aromatic N) is 4. The Hall–Kier alpha value is -3.06. The zero-order valence-corrected chi connectivity index (χ0v) is 21.6. The van der Waals surface area contributed by atoms with Gasteiger partial charge in [-0.15, -0.1) is 0 Å². The summed E-state index contributed by atoms with van der Waals surface area (Å²) in [7, 11) is -0.607. The van der Waals surface area contributed by atoms with E-state index in [9.17, 15) is 13.2 Å². The molecule has 1 aromatic carbocycles. The number of benzene rings is 1. The summed E-state index contributed by atoms with van der Waals surface area (Å²) in [6, 6.07) is 3.27. The summed E-state index contributed by atoms with van der Waals surface area (Å²) in [6.45, 7) is 4.78. The second kappa shape index (κ2) is 9.11. The third-order valence-corrected chi connectivity index (χ3v) is 8.32. The van der Waals surface area contributed by atoms with E-state index in [1.165, 1.54) is 17.7 Å². The van der Waals surface area contributed by atoms with Crippen molar-refractivity contribution in [3.63, 3.8) is 0 Å². The maximum atomic E-state index is 13.9. The SMILES string of the molecule is CONc1nc2c(C3=CCNC(C)C3)cc(S(=O)(=O)NC3(C)CC3)cc2c(=O)n1Cc1cnn(C)c1. The lowest BCUT2D eigenvalue weighted by Crippen LogP contribution is -2.34. The van der Waals surface area contributed by atoms with Gasteiger partial charge in [0.15, 0.2) is 0 Å². The molecule has 192 valence electrons. The minimum absolute atomic E-state index is 0.0597. The Morgan fingerprint density at radius 2 is 2.08 bits per heavy atom. The summed E-state index contributed by atoms with van der Waals surface area (Å²) in [5.41, 5.74) is 4.71. The number of sulfonamides is 1. The molecule has 3 N–H and O–H groups in total. The molecule has 3 heterocycles. The fourth-order valence-electron chi connectivity index (χ4n) is 4.51. The van der Waals surface area contributed by atoms with E-state index in [2.05, 4.69) is 27.5 Å². The van der Waals surface area contributed by atoms with Gasteiger partial charge in [-0.25, -0.2) is 23.6 Å². The number of anilines is 1. The standard InChI is InChI=1S/C24H31N7O4S/c1-15-9-17(5-8-25-15)19-10-18(36(33,34)29-24(2)6-7-24)11-20-21(19)27-23(28-35-4)31(22(20)32)14-16-12-26-30(3)13-16/h5,10-13,15,25,29H,6-9,14H2,1-4H3,(H,27,28). The van der Waals surface area contributed by atoms with E-state index in [0.29, 0.717) is 24.0 Å². The van der Waals surface area contributed by atoms with Crippen molar-refractivity contribution in [3.8, 4) is 0 Å². The third kappa shape index (κ3) is 4.81. The first kappa shape index (κ1) is 24.6. The second-order valence-electron chi connectivity index (χ2n) is 9.93. The number of nitrogens with one attached hydrogen (secondary N) is 3. The van der Waals surface area contributed by atoms with Gasteiger partial charge in [-0.3, -0.25) is 18.9 Å². The van der Waals surface area contributed by atoms with Crippen LogP contribution in [0.15, 0.2) is 40.3 Å². The summed E-state index contributed by atoms with van der Waals surface area (Å²) in [5, 5.41) is 7.77. The lowest BCUT2D eigenvalue weighted by atomic mass is 9.94. The van der Waals surface area contributed by atoms with Gasteiger partial charge in [-0.1, -0.05) is 6.08 Å². The van der Waals surface area contributed by atoms with E-state index in [1.807, 2.05) is 13.0 Å². The highest BCUT2D eigenvalue weighted by molar-refractivity contribution is 7.89. The second-order valence-corrected chi connectivity index (χ2v) is 11.6. The van der Waals surface area contributed by atoms with E-state index in [1.54, 1.807) is 30.2 Å². The Kier molecular flexibility index (Phi) is 6.23. The molecule has 1 aliphatic heterocycles. The van der Waals surface area contributed by atoms with Crippen molar-refractivity contribution in [1.29, 1.82) is 0 Å². The first-order valence-electron chi connectivity index (χ1n) is 11.9. The van der Waals surface area contributed by atoms with Crippen molar-refractivity contribution in [3.05, 3.63) is 52.1 Å². The first-order chi connectivity index (χ1) is 17.1. The fourth-order valence-corrected chi connectivity index (χ4v) is 6.03. The Morgan fingerprint density at radius 3 is 2.72 bits per heavy atom. The van der Waals surface area contributed by atoms with Crippen LogP contribution in [0, 0.1) is 0 Å². The molecule has 1 unspecified atom stereocenters. The minimum Gasteiger partial charge on any atom is -0.310 e. The van der Waals surface area contributed by atoms with Crippen LogP contribution in [0.3, 0.4) is 0 Å². The summed E-state index contributed by atoms with van der Waals surface area (Å²) < 4.78 is 32.6. The predicted octanol–water partition coefficient (Wildman–Crippen LogP) is 1.75. The summed E-state index contributed by atoms with van der Waals surface area (Å²) >= 11 is 0. The molecule has 0 saturated heterocycles. The molecule has 0 radical (unpaired) electrons. The van der Waals surface area contributed by atoms with Crippen LogP contribution < -0.4 is 21.1 Å². The van der Waals surface area contributed by atoms with E-state index in [-0.39, 0.29) is 34.4 Å². The molecule has 0 bridgehead atoms. The van der Waals surface area contributed by atoms with Gasteiger partial charge >= 0.3 is 0 Å². The molecule has 36 heavy (non-hydrogen) atoms. The van der Waals surface area contributed by atoms with E-state index >= 15 is 0 Å². The van der Waals surface area contributed by atoms with Gasteiger partial charge in [0.25, 0.3) is 5.56 Å². The van der Waals surface area contributed by atoms with Crippen molar-refractivity contribution in [2.75, 3.05) is 19.1 Å². The molecule has 2 aromatic heterocycles. The van der Waals surface area contributed by atoms with E-state index < -0.39 is 15.6 Å². The van der Waals surface area contributed by atoms with Crippen LogP contribution >= 0.6 is 0 Å². The number of aromatic nitrogens is 4. The van der Waals surface area contributed by atoms with Crippen molar-refractivity contribution in [2.24, 2.45) is 7.05 Å². The van der Waals surface area contributed by atoms with Gasteiger partial charge in [0.1, 0.15) is 0 Å². The van der Waals surface area contributed by atoms with Crippen molar-refractivity contribution in [1.82, 2.24) is 29.4 Å². The third-order valence-electron chi connectivity index (χ3n) is 6.70. The highest BCUT2D eigenvalue weighted by Crippen LogP contribution is 2.37. The molecule has 0 spiro atoms. The molecule has 0 amide bonds. The lowest BCUT2D eigenvalue weighted by molar-refractivity contribution is 0.264. The predicted molar refractivity (Wildman–Crippen MR) is 137 cm³/mol. The Morgan fingerprint density at radius 1 is 1.31 bits per heavy atom. The fraction of sp³-hybridized carbons (Fsp3) is 0.458. The number of fused-ring (bicyclic) bond motifs is 1. The molecular weight excluding hydrogens is 482 g/mol. The topological polar surface area (TPSA) is 132 Å².